The van der Waals surface area contributed by atoms with Gasteiger partial charge in [0.05, 0.1) is 44.2 Å². The normalized spacial score (nSPS) is 27.1. The molecule has 0 radical (unpaired) electrons. The molecule has 4 aromatic rings. The van der Waals surface area contributed by atoms with Crippen molar-refractivity contribution in [2.75, 3.05) is 6.61 Å². The molecule has 0 saturated carbocycles. The molecule has 0 unspecified atom stereocenters. The molecule has 0 aromatic heterocycles. The molecule has 17 heteroatoms. The van der Waals surface area contributed by atoms with Crippen molar-refractivity contribution in [3.05, 3.63) is 164 Å². The molecule has 6 rings (SSSR count). The second-order valence-corrected chi connectivity index (χ2v) is 19.7. The molecule has 0 amide bonds. The van der Waals surface area contributed by atoms with Gasteiger partial charge in [0.2, 0.25) is 0 Å². The fourth-order valence-corrected chi connectivity index (χ4v) is 12.4. The lowest BCUT2D eigenvalue weighted by Gasteiger charge is -2.51. The van der Waals surface area contributed by atoms with Crippen molar-refractivity contribution in [1.82, 2.24) is 0 Å². The Bertz CT molecular complexity index is 2050. The number of rotatable bonds is 16. The number of hydrogen-bond acceptors (Lipinski definition) is 10. The summed E-state index contributed by atoms with van der Waals surface area (Å²) in [6.07, 6.45) is -8.22. The molecular formula is C42H49N9O7Si. The Kier molecular flexibility index (Phi) is 14.8. The Morgan fingerprint density at radius 3 is 1.63 bits per heavy atom. The summed E-state index contributed by atoms with van der Waals surface area (Å²) >= 11 is 0. The first-order valence-electron chi connectivity index (χ1n) is 19.4. The summed E-state index contributed by atoms with van der Waals surface area (Å²) in [5, 5.41) is 25.5. The van der Waals surface area contributed by atoms with Crippen molar-refractivity contribution in [3.63, 3.8) is 0 Å². The third-order valence-corrected chi connectivity index (χ3v) is 15.6. The van der Waals surface area contributed by atoms with Crippen LogP contribution in [0.3, 0.4) is 0 Å². The highest BCUT2D eigenvalue weighted by Gasteiger charge is 2.57. The third kappa shape index (κ3) is 9.97. The van der Waals surface area contributed by atoms with E-state index in [-0.39, 0.29) is 19.8 Å². The highest BCUT2D eigenvalue weighted by atomic mass is 28.4. The molecule has 4 aromatic carbocycles. The van der Waals surface area contributed by atoms with Gasteiger partial charge in [-0.1, -0.05) is 157 Å². The highest BCUT2D eigenvalue weighted by Crippen LogP contribution is 2.41. The molecule has 2 fully saturated rings. The van der Waals surface area contributed by atoms with E-state index >= 15 is 0 Å². The minimum absolute atomic E-state index is 0.0652. The van der Waals surface area contributed by atoms with Crippen molar-refractivity contribution < 1.29 is 33.2 Å². The molecule has 0 aliphatic carbocycles. The number of nitrogens with zero attached hydrogens (tertiary/aromatic N) is 9. The van der Waals surface area contributed by atoms with Crippen molar-refractivity contribution >= 4 is 18.7 Å². The number of ether oxygens (including phenoxy) is 5. The van der Waals surface area contributed by atoms with Gasteiger partial charge in [0, 0.05) is 14.7 Å². The molecule has 2 aliphatic rings. The van der Waals surface area contributed by atoms with Gasteiger partial charge in [-0.05, 0) is 50.1 Å². The first-order valence-corrected chi connectivity index (χ1v) is 21.3. The molecule has 2 aliphatic heterocycles. The molecule has 1 N–H and O–H groups in total. The van der Waals surface area contributed by atoms with Gasteiger partial charge in [-0.25, -0.2) is 0 Å². The smallest absolute Gasteiger partial charge is 0.264 e. The number of azide groups is 3. The predicted molar refractivity (Wildman–Crippen MR) is 223 cm³/mol. The first-order chi connectivity index (χ1) is 28.6. The third-order valence-electron chi connectivity index (χ3n) is 10.7. The van der Waals surface area contributed by atoms with E-state index in [9.17, 15) is 21.7 Å². The van der Waals surface area contributed by atoms with E-state index in [1.54, 1.807) is 6.92 Å². The van der Waals surface area contributed by atoms with Gasteiger partial charge in [0.25, 0.3) is 8.32 Å². The van der Waals surface area contributed by atoms with Crippen molar-refractivity contribution in [2.45, 2.75) is 107 Å². The van der Waals surface area contributed by atoms with E-state index in [1.807, 2.05) is 121 Å². The summed E-state index contributed by atoms with van der Waals surface area (Å²) in [5.74, 6) is 0. The van der Waals surface area contributed by atoms with Gasteiger partial charge >= 0.3 is 0 Å². The topological polar surface area (TPSA) is 222 Å². The van der Waals surface area contributed by atoms with Crippen molar-refractivity contribution in [3.8, 4) is 0 Å². The number of aliphatic hydroxyl groups is 1. The molecule has 10 atom stereocenters. The Labute approximate surface area is 344 Å². The Morgan fingerprint density at radius 1 is 0.644 bits per heavy atom. The zero-order valence-corrected chi connectivity index (χ0v) is 34.4. The van der Waals surface area contributed by atoms with Crippen molar-refractivity contribution in [2.24, 2.45) is 15.3 Å². The summed E-state index contributed by atoms with van der Waals surface area (Å²) in [6, 6.07) is 35.0. The second kappa shape index (κ2) is 20.1. The average Bonchev–Trinajstić information content (AvgIpc) is 3.24. The van der Waals surface area contributed by atoms with Crippen LogP contribution in [0.25, 0.3) is 31.3 Å². The fourth-order valence-electron chi connectivity index (χ4n) is 7.84. The number of aliphatic hydroxyl groups excluding tert-OH is 1. The zero-order chi connectivity index (χ0) is 41.8. The highest BCUT2D eigenvalue weighted by molar-refractivity contribution is 6.99. The summed E-state index contributed by atoms with van der Waals surface area (Å²) in [4.78, 5) is 9.39. The minimum Gasteiger partial charge on any atom is -0.388 e. The molecule has 0 spiro atoms. The van der Waals surface area contributed by atoms with E-state index in [0.717, 1.165) is 21.5 Å². The molecule has 16 nitrogen and oxygen atoms in total. The van der Waals surface area contributed by atoms with Gasteiger partial charge in [-0.2, -0.15) is 0 Å². The van der Waals surface area contributed by atoms with Gasteiger partial charge in [-0.3, -0.25) is 0 Å². The van der Waals surface area contributed by atoms with Gasteiger partial charge in [0.1, 0.15) is 24.3 Å². The van der Waals surface area contributed by atoms with Crippen LogP contribution in [0.5, 0.6) is 0 Å². The van der Waals surface area contributed by atoms with Crippen LogP contribution in [0.1, 0.15) is 38.8 Å². The summed E-state index contributed by atoms with van der Waals surface area (Å²) in [5.41, 5.74) is 31.5. The van der Waals surface area contributed by atoms with E-state index in [2.05, 4.69) is 50.8 Å². The van der Waals surface area contributed by atoms with Gasteiger partial charge in [-0.15, -0.1) is 0 Å². The molecule has 59 heavy (non-hydrogen) atoms. The lowest BCUT2D eigenvalue weighted by molar-refractivity contribution is -0.306. The fraction of sp³-hybridized carbons (Fsp3) is 0.429. The van der Waals surface area contributed by atoms with Crippen LogP contribution in [-0.4, -0.2) is 81.3 Å². The maximum absolute atomic E-state index is 11.8. The lowest BCUT2D eigenvalue weighted by Crippen LogP contribution is -2.71. The van der Waals surface area contributed by atoms with Crippen LogP contribution in [0, 0.1) is 0 Å². The summed E-state index contributed by atoms with van der Waals surface area (Å²) < 4.78 is 39.4. The molecule has 2 heterocycles. The quantitative estimate of drug-likeness (QED) is 0.0515. The maximum atomic E-state index is 11.8. The minimum atomic E-state index is -3.34. The molecule has 308 valence electrons. The molecule has 0 bridgehead atoms. The van der Waals surface area contributed by atoms with Gasteiger partial charge < -0.3 is 33.2 Å². The van der Waals surface area contributed by atoms with Crippen LogP contribution >= 0.6 is 0 Å². The average molecular weight is 820 g/mol. The standard InChI is InChI=1S/C42H49N9O7Si/c1-28-34(46-49-43)38(35(47-50-44)41(55-28)58-59(42(2,3)4,31-21-13-7-14-22-31)32-23-15-8-16-24-32)57-40-36(48-51-45)39(54-26-30-19-11-6-12-20-30)37(52)33(56-40)27-53-25-29-17-9-5-10-18-29/h5-24,28,33-41,52H,25-27H2,1-4H3/t28-,33-,34-,35-,36-,37+,38+,39-,40-,41+/m1/s1. The Hall–Kier alpha value is -5.25. The second-order valence-electron chi connectivity index (χ2n) is 15.5. The Balaban J connectivity index is 1.39. The lowest BCUT2D eigenvalue weighted by atomic mass is 9.94. The van der Waals surface area contributed by atoms with Crippen LogP contribution in [-0.2, 0) is 41.3 Å². The predicted octanol–water partition coefficient (Wildman–Crippen LogP) is 7.62. The monoisotopic (exact) mass is 819 g/mol. The maximum Gasteiger partial charge on any atom is 0.264 e. The van der Waals surface area contributed by atoms with E-state index < -0.39 is 74.6 Å². The largest absolute Gasteiger partial charge is 0.388 e. The number of benzene rings is 4. The molecule has 2 saturated heterocycles. The summed E-state index contributed by atoms with van der Waals surface area (Å²) in [7, 11) is -3.34. The van der Waals surface area contributed by atoms with Crippen LogP contribution < -0.4 is 10.4 Å². The zero-order valence-electron chi connectivity index (χ0n) is 33.4. The Morgan fingerprint density at radius 2 is 1.12 bits per heavy atom. The van der Waals surface area contributed by atoms with E-state index in [0.29, 0.717) is 0 Å². The van der Waals surface area contributed by atoms with Crippen molar-refractivity contribution in [1.29, 1.82) is 0 Å². The van der Waals surface area contributed by atoms with E-state index in [4.69, 9.17) is 28.1 Å². The van der Waals surface area contributed by atoms with Crippen LogP contribution in [0.15, 0.2) is 137 Å². The van der Waals surface area contributed by atoms with E-state index in [1.165, 1.54) is 0 Å². The molecular weight excluding hydrogens is 771 g/mol. The number of hydrogen-bond donors (Lipinski definition) is 1. The SMILES string of the molecule is C[C@H]1O[C@@H](O[Si](c2ccccc2)(c2ccccc2)C(C)(C)C)[C@H](N=[N+]=[N-])[C@@H](O[C@H]2O[C@H](COCc3ccccc3)[C@H](O)[C@H](OCc3ccccc3)[C@H]2N=[N+]=[N-])[C@@H]1N=[N+]=[N-]. The van der Waals surface area contributed by atoms with Crippen LogP contribution in [0.2, 0.25) is 5.04 Å². The first kappa shape index (κ1) is 43.3. The van der Waals surface area contributed by atoms with Gasteiger partial charge in [0.15, 0.2) is 12.6 Å². The van der Waals surface area contributed by atoms with Crippen LogP contribution in [0.4, 0.5) is 0 Å². The summed E-state index contributed by atoms with van der Waals surface area (Å²) in [6.45, 7) is 8.23.